The van der Waals surface area contributed by atoms with Crippen molar-refractivity contribution < 1.29 is 19.7 Å². The van der Waals surface area contributed by atoms with Crippen LogP contribution in [0.3, 0.4) is 0 Å². The van der Waals surface area contributed by atoms with E-state index in [1.165, 1.54) is 11.6 Å². The molecule has 1 unspecified atom stereocenters. The Balaban J connectivity index is 1.49. The Bertz CT molecular complexity index is 881. The summed E-state index contributed by atoms with van der Waals surface area (Å²) in [6.45, 7) is 4.99. The summed E-state index contributed by atoms with van der Waals surface area (Å²) in [7, 11) is 0. The van der Waals surface area contributed by atoms with Crippen molar-refractivity contribution in [3.63, 3.8) is 0 Å². The highest BCUT2D eigenvalue weighted by molar-refractivity contribution is 6.32. The van der Waals surface area contributed by atoms with Gasteiger partial charge in [0.25, 0.3) is 5.91 Å². The van der Waals surface area contributed by atoms with Crippen molar-refractivity contribution in [1.29, 1.82) is 0 Å². The third kappa shape index (κ3) is 4.34. The molecule has 1 amide bonds. The van der Waals surface area contributed by atoms with Gasteiger partial charge in [-0.3, -0.25) is 9.69 Å². The van der Waals surface area contributed by atoms with E-state index < -0.39 is 0 Å². The minimum absolute atomic E-state index is 0.0353. The molecular weight excluding hydrogens is 392 g/mol. The molecular formula is C22H25ClN2O4. The van der Waals surface area contributed by atoms with E-state index in [1.54, 1.807) is 4.90 Å². The Morgan fingerprint density at radius 2 is 1.79 bits per heavy atom. The minimum Gasteiger partial charge on any atom is -0.507 e. The van der Waals surface area contributed by atoms with Crippen LogP contribution in [0.4, 0.5) is 0 Å². The van der Waals surface area contributed by atoms with Crippen molar-refractivity contribution in [2.24, 2.45) is 0 Å². The summed E-state index contributed by atoms with van der Waals surface area (Å²) in [5.41, 5.74) is 2.45. The number of phenols is 2. The molecule has 0 spiro atoms. The highest BCUT2D eigenvalue weighted by Gasteiger charge is 2.32. The predicted molar refractivity (Wildman–Crippen MR) is 110 cm³/mol. The summed E-state index contributed by atoms with van der Waals surface area (Å²) in [4.78, 5) is 17.2. The molecule has 2 aromatic rings. The van der Waals surface area contributed by atoms with E-state index in [1.807, 2.05) is 0 Å². The lowest BCUT2D eigenvalue weighted by atomic mass is 10.0. The zero-order valence-electron chi connectivity index (χ0n) is 16.2. The number of carbonyl (C=O) groups excluding carboxylic acids is 1. The number of benzene rings is 2. The van der Waals surface area contributed by atoms with Crippen LogP contribution in [0.15, 0.2) is 36.4 Å². The van der Waals surface area contributed by atoms with Crippen LogP contribution in [0.25, 0.3) is 0 Å². The number of morpholine rings is 1. The number of likely N-dealkylation sites (tertiary alicyclic amines) is 1. The van der Waals surface area contributed by atoms with E-state index in [9.17, 15) is 15.0 Å². The number of halogens is 1. The summed E-state index contributed by atoms with van der Waals surface area (Å²) in [5, 5.41) is 19.8. The third-order valence-electron chi connectivity index (χ3n) is 5.68. The average Bonchev–Trinajstić information content (AvgIpc) is 3.21. The minimum atomic E-state index is -0.274. The lowest BCUT2D eigenvalue weighted by Crippen LogP contribution is -2.35. The van der Waals surface area contributed by atoms with Crippen LogP contribution in [-0.4, -0.2) is 58.8 Å². The Kier molecular flexibility index (Phi) is 5.94. The molecule has 154 valence electrons. The molecule has 2 N–H and O–H groups in total. The predicted octanol–water partition coefficient (Wildman–Crippen LogP) is 3.56. The van der Waals surface area contributed by atoms with Crippen molar-refractivity contribution in [3.8, 4) is 11.5 Å². The highest BCUT2D eigenvalue weighted by Crippen LogP contribution is 2.37. The van der Waals surface area contributed by atoms with Gasteiger partial charge in [0.05, 0.1) is 29.8 Å². The van der Waals surface area contributed by atoms with Crippen LogP contribution in [0.2, 0.25) is 5.02 Å². The van der Waals surface area contributed by atoms with E-state index in [0.717, 1.165) is 57.3 Å². The van der Waals surface area contributed by atoms with Crippen LogP contribution in [0.1, 0.15) is 40.4 Å². The van der Waals surface area contributed by atoms with Gasteiger partial charge in [-0.25, -0.2) is 0 Å². The monoisotopic (exact) mass is 416 g/mol. The summed E-state index contributed by atoms with van der Waals surface area (Å²) in [6, 6.07) is 10.8. The van der Waals surface area contributed by atoms with Gasteiger partial charge in [0.2, 0.25) is 0 Å². The lowest BCUT2D eigenvalue weighted by Gasteiger charge is -2.27. The van der Waals surface area contributed by atoms with Gasteiger partial charge < -0.3 is 19.8 Å². The number of amides is 1. The van der Waals surface area contributed by atoms with Gasteiger partial charge in [-0.2, -0.15) is 0 Å². The SMILES string of the molecule is O=C(c1cc(Cl)c(O)cc1O)N1CCCC1c1ccc(CN2CCOCC2)cc1. The van der Waals surface area contributed by atoms with Gasteiger partial charge in [0, 0.05) is 32.2 Å². The second kappa shape index (κ2) is 8.61. The number of rotatable bonds is 4. The van der Waals surface area contributed by atoms with Gasteiger partial charge in [-0.1, -0.05) is 35.9 Å². The van der Waals surface area contributed by atoms with Crippen LogP contribution >= 0.6 is 11.6 Å². The largest absolute Gasteiger partial charge is 0.507 e. The maximum absolute atomic E-state index is 13.1. The molecule has 6 nitrogen and oxygen atoms in total. The van der Waals surface area contributed by atoms with Crippen molar-refractivity contribution >= 4 is 17.5 Å². The third-order valence-corrected chi connectivity index (χ3v) is 5.99. The van der Waals surface area contributed by atoms with Gasteiger partial charge in [0.15, 0.2) is 0 Å². The fraction of sp³-hybridized carbons (Fsp3) is 0.409. The van der Waals surface area contributed by atoms with Gasteiger partial charge in [-0.15, -0.1) is 0 Å². The maximum atomic E-state index is 13.1. The van der Waals surface area contributed by atoms with Crippen molar-refractivity contribution in [2.75, 3.05) is 32.8 Å². The average molecular weight is 417 g/mol. The number of ether oxygens (including phenoxy) is 1. The Hall–Kier alpha value is -2.28. The zero-order chi connectivity index (χ0) is 20.4. The summed E-state index contributed by atoms with van der Waals surface area (Å²) >= 11 is 5.94. The van der Waals surface area contributed by atoms with Crippen molar-refractivity contribution in [2.45, 2.75) is 25.4 Å². The molecule has 0 saturated carbocycles. The second-order valence-electron chi connectivity index (χ2n) is 7.61. The lowest BCUT2D eigenvalue weighted by molar-refractivity contribution is 0.0342. The topological polar surface area (TPSA) is 73.2 Å². The second-order valence-corrected chi connectivity index (χ2v) is 8.01. The first-order valence-electron chi connectivity index (χ1n) is 9.94. The zero-order valence-corrected chi connectivity index (χ0v) is 16.9. The molecule has 1 atom stereocenters. The molecule has 0 aromatic heterocycles. The van der Waals surface area contributed by atoms with E-state index in [4.69, 9.17) is 16.3 Å². The van der Waals surface area contributed by atoms with Gasteiger partial charge >= 0.3 is 0 Å². The van der Waals surface area contributed by atoms with E-state index in [0.29, 0.717) is 6.54 Å². The number of hydrogen-bond donors (Lipinski definition) is 2. The first-order valence-corrected chi connectivity index (χ1v) is 10.3. The first kappa shape index (κ1) is 20.0. The Morgan fingerprint density at radius 3 is 2.52 bits per heavy atom. The van der Waals surface area contributed by atoms with E-state index >= 15 is 0 Å². The Labute approximate surface area is 175 Å². The molecule has 2 aromatic carbocycles. The van der Waals surface area contributed by atoms with E-state index in [2.05, 4.69) is 29.2 Å². The Morgan fingerprint density at radius 1 is 1.07 bits per heavy atom. The van der Waals surface area contributed by atoms with Crippen LogP contribution in [0, 0.1) is 0 Å². The molecule has 2 aliphatic rings. The first-order chi connectivity index (χ1) is 14.0. The van der Waals surface area contributed by atoms with Crippen LogP contribution in [-0.2, 0) is 11.3 Å². The molecule has 7 heteroatoms. The molecule has 2 aliphatic heterocycles. The molecule has 2 fully saturated rings. The molecule has 0 bridgehead atoms. The summed E-state index contributed by atoms with van der Waals surface area (Å²) < 4.78 is 5.40. The molecule has 0 aliphatic carbocycles. The van der Waals surface area contributed by atoms with Crippen LogP contribution < -0.4 is 0 Å². The molecule has 29 heavy (non-hydrogen) atoms. The number of phenolic OH excluding ortho intramolecular Hbond substituents is 2. The molecule has 0 radical (unpaired) electrons. The summed E-state index contributed by atoms with van der Waals surface area (Å²) in [5.74, 6) is -0.776. The van der Waals surface area contributed by atoms with Crippen molar-refractivity contribution in [1.82, 2.24) is 9.80 Å². The van der Waals surface area contributed by atoms with Crippen LogP contribution in [0.5, 0.6) is 11.5 Å². The fourth-order valence-corrected chi connectivity index (χ4v) is 4.26. The number of carbonyl (C=O) groups is 1. The van der Waals surface area contributed by atoms with Gasteiger partial charge in [0.1, 0.15) is 11.5 Å². The molecule has 2 heterocycles. The molecule has 2 saturated heterocycles. The smallest absolute Gasteiger partial charge is 0.258 e. The van der Waals surface area contributed by atoms with Crippen molar-refractivity contribution in [3.05, 3.63) is 58.1 Å². The summed E-state index contributed by atoms with van der Waals surface area (Å²) in [6.07, 6.45) is 1.78. The number of hydrogen-bond acceptors (Lipinski definition) is 5. The number of aromatic hydroxyl groups is 2. The normalized spacial score (nSPS) is 20.2. The highest BCUT2D eigenvalue weighted by atomic mass is 35.5. The van der Waals surface area contributed by atoms with E-state index in [-0.39, 0.29) is 34.0 Å². The van der Waals surface area contributed by atoms with Gasteiger partial charge in [-0.05, 0) is 30.0 Å². The standard InChI is InChI=1S/C22H25ClN2O4/c23-18-12-17(20(26)13-21(18)27)22(28)25-7-1-2-19(25)16-5-3-15(4-6-16)14-24-8-10-29-11-9-24/h3-6,12-13,19,26-27H,1-2,7-11,14H2. The fourth-order valence-electron chi connectivity index (χ4n) is 4.10. The molecule has 4 rings (SSSR count). The maximum Gasteiger partial charge on any atom is 0.258 e. The number of nitrogens with zero attached hydrogens (tertiary/aromatic N) is 2. The quantitative estimate of drug-likeness (QED) is 0.797.